The summed E-state index contributed by atoms with van der Waals surface area (Å²) >= 11 is 3.42. The second-order valence-electron chi connectivity index (χ2n) is 5.47. The lowest BCUT2D eigenvalue weighted by atomic mass is 10.0. The molecule has 112 valence electrons. The highest BCUT2D eigenvalue weighted by Gasteiger charge is 2.32. The Hall–Kier alpha value is -0.390. The minimum atomic E-state index is -3.36. The first-order chi connectivity index (χ1) is 9.46. The van der Waals surface area contributed by atoms with Crippen molar-refractivity contribution in [2.45, 2.75) is 56.9 Å². The van der Waals surface area contributed by atoms with E-state index in [1.165, 1.54) is 0 Å². The van der Waals surface area contributed by atoms with Crippen LogP contribution in [0.15, 0.2) is 27.6 Å². The molecule has 3 nitrogen and oxygen atoms in total. The van der Waals surface area contributed by atoms with Gasteiger partial charge in [0.25, 0.3) is 0 Å². The van der Waals surface area contributed by atoms with Crippen molar-refractivity contribution in [2.24, 2.45) is 0 Å². The highest BCUT2D eigenvalue weighted by atomic mass is 79.9. The fourth-order valence-corrected chi connectivity index (χ4v) is 4.88. The van der Waals surface area contributed by atoms with Gasteiger partial charge in [-0.1, -0.05) is 35.7 Å². The van der Waals surface area contributed by atoms with Crippen LogP contribution in [0.1, 0.15) is 44.6 Å². The summed E-state index contributed by atoms with van der Waals surface area (Å²) < 4.78 is 28.4. The Labute approximate surface area is 130 Å². The number of nitrogens with zero attached hydrogens (tertiary/aromatic N) is 1. The summed E-state index contributed by atoms with van der Waals surface area (Å²) in [7, 11) is -3.36. The SMILES string of the molecule is CCCC1CCCCN1S(=O)(=O)c1ccc(Br)c(C)c1. The van der Waals surface area contributed by atoms with Gasteiger partial charge >= 0.3 is 0 Å². The van der Waals surface area contributed by atoms with E-state index >= 15 is 0 Å². The first kappa shape index (κ1) is 16.0. The quantitative estimate of drug-likeness (QED) is 0.811. The second kappa shape index (κ2) is 6.58. The molecule has 1 fully saturated rings. The zero-order valence-electron chi connectivity index (χ0n) is 12.1. The molecule has 1 saturated heterocycles. The van der Waals surface area contributed by atoms with Crippen LogP contribution in [0.5, 0.6) is 0 Å². The monoisotopic (exact) mass is 359 g/mol. The fourth-order valence-electron chi connectivity index (χ4n) is 2.83. The molecule has 1 aliphatic heterocycles. The van der Waals surface area contributed by atoms with Crippen molar-refractivity contribution in [2.75, 3.05) is 6.54 Å². The van der Waals surface area contributed by atoms with E-state index in [0.717, 1.165) is 42.1 Å². The van der Waals surface area contributed by atoms with Crippen molar-refractivity contribution < 1.29 is 8.42 Å². The zero-order chi connectivity index (χ0) is 14.8. The second-order valence-corrected chi connectivity index (χ2v) is 8.21. The summed E-state index contributed by atoms with van der Waals surface area (Å²) in [5, 5.41) is 0. The highest BCUT2D eigenvalue weighted by molar-refractivity contribution is 9.10. The average Bonchev–Trinajstić information content (AvgIpc) is 2.42. The number of hydrogen-bond acceptors (Lipinski definition) is 2. The molecule has 0 amide bonds. The van der Waals surface area contributed by atoms with Crippen molar-refractivity contribution in [1.82, 2.24) is 4.31 Å². The van der Waals surface area contributed by atoms with Gasteiger partial charge in [0.15, 0.2) is 0 Å². The Balaban J connectivity index is 2.34. The molecular formula is C15H22BrNO2S. The van der Waals surface area contributed by atoms with E-state index in [9.17, 15) is 8.42 Å². The third kappa shape index (κ3) is 3.26. The highest BCUT2D eigenvalue weighted by Crippen LogP contribution is 2.29. The first-order valence-corrected chi connectivity index (χ1v) is 9.48. The summed E-state index contributed by atoms with van der Waals surface area (Å²) in [6.45, 7) is 4.69. The van der Waals surface area contributed by atoms with Crippen molar-refractivity contribution >= 4 is 26.0 Å². The van der Waals surface area contributed by atoms with Gasteiger partial charge in [0.1, 0.15) is 0 Å². The number of benzene rings is 1. The van der Waals surface area contributed by atoms with E-state index in [0.29, 0.717) is 11.4 Å². The van der Waals surface area contributed by atoms with Gasteiger partial charge in [-0.2, -0.15) is 4.31 Å². The van der Waals surface area contributed by atoms with E-state index < -0.39 is 10.0 Å². The molecule has 1 unspecified atom stereocenters. The van der Waals surface area contributed by atoms with Gasteiger partial charge in [-0.3, -0.25) is 0 Å². The Kier molecular flexibility index (Phi) is 5.26. The molecule has 1 aliphatic rings. The molecule has 1 atom stereocenters. The van der Waals surface area contributed by atoms with Gasteiger partial charge in [0.2, 0.25) is 10.0 Å². The Bertz CT molecular complexity index is 569. The lowest BCUT2D eigenvalue weighted by Crippen LogP contribution is -2.43. The van der Waals surface area contributed by atoms with E-state index in [4.69, 9.17) is 0 Å². The molecule has 0 spiro atoms. The number of halogens is 1. The Morgan fingerprint density at radius 2 is 2.10 bits per heavy atom. The molecule has 0 saturated carbocycles. The number of hydrogen-bond donors (Lipinski definition) is 0. The van der Waals surface area contributed by atoms with Crippen LogP contribution in [0, 0.1) is 6.92 Å². The predicted molar refractivity (Wildman–Crippen MR) is 85.3 cm³/mol. The van der Waals surface area contributed by atoms with Crippen LogP contribution in [0.25, 0.3) is 0 Å². The number of aryl methyl sites for hydroxylation is 1. The van der Waals surface area contributed by atoms with Crippen LogP contribution < -0.4 is 0 Å². The predicted octanol–water partition coefficient (Wildman–Crippen LogP) is 4.10. The Morgan fingerprint density at radius 3 is 2.75 bits per heavy atom. The molecule has 20 heavy (non-hydrogen) atoms. The van der Waals surface area contributed by atoms with Crippen molar-refractivity contribution in [1.29, 1.82) is 0 Å². The zero-order valence-corrected chi connectivity index (χ0v) is 14.5. The molecule has 1 aromatic rings. The van der Waals surface area contributed by atoms with Crippen LogP contribution in [0.2, 0.25) is 0 Å². The molecule has 0 bridgehead atoms. The number of rotatable bonds is 4. The summed E-state index contributed by atoms with van der Waals surface area (Å²) in [6, 6.07) is 5.45. The standard InChI is InChI=1S/C15H22BrNO2S/c1-3-6-13-7-4-5-10-17(13)20(18,19)14-8-9-15(16)12(2)11-14/h8-9,11,13H,3-7,10H2,1-2H3. The summed E-state index contributed by atoms with van der Waals surface area (Å²) in [6.07, 6.45) is 5.07. The van der Waals surface area contributed by atoms with Crippen molar-refractivity contribution in [3.05, 3.63) is 28.2 Å². The normalized spacial score (nSPS) is 21.1. The van der Waals surface area contributed by atoms with Crippen LogP contribution in [-0.2, 0) is 10.0 Å². The van der Waals surface area contributed by atoms with Gasteiger partial charge in [0.05, 0.1) is 4.90 Å². The van der Waals surface area contributed by atoms with Crippen molar-refractivity contribution in [3.63, 3.8) is 0 Å². The van der Waals surface area contributed by atoms with E-state index in [1.807, 2.05) is 13.0 Å². The van der Waals surface area contributed by atoms with Crippen LogP contribution in [0.3, 0.4) is 0 Å². The summed E-state index contributed by atoms with van der Waals surface area (Å²) in [5.74, 6) is 0. The molecule has 0 aliphatic carbocycles. The van der Waals surface area contributed by atoms with Crippen LogP contribution in [0.4, 0.5) is 0 Å². The van der Waals surface area contributed by atoms with Crippen LogP contribution in [-0.4, -0.2) is 25.3 Å². The fraction of sp³-hybridized carbons (Fsp3) is 0.600. The first-order valence-electron chi connectivity index (χ1n) is 7.25. The number of sulfonamides is 1. The van der Waals surface area contributed by atoms with Gasteiger partial charge in [-0.15, -0.1) is 0 Å². The molecule has 1 aromatic carbocycles. The third-order valence-corrected chi connectivity index (χ3v) is 6.77. The molecule has 0 N–H and O–H groups in total. The minimum Gasteiger partial charge on any atom is -0.207 e. The third-order valence-electron chi connectivity index (χ3n) is 3.93. The van der Waals surface area contributed by atoms with Gasteiger partial charge in [-0.25, -0.2) is 8.42 Å². The van der Waals surface area contributed by atoms with Crippen molar-refractivity contribution in [3.8, 4) is 0 Å². The summed E-state index contributed by atoms with van der Waals surface area (Å²) in [5.41, 5.74) is 0.954. The average molecular weight is 360 g/mol. The lowest BCUT2D eigenvalue weighted by molar-refractivity contribution is 0.239. The minimum absolute atomic E-state index is 0.169. The Morgan fingerprint density at radius 1 is 1.35 bits per heavy atom. The largest absolute Gasteiger partial charge is 0.243 e. The maximum Gasteiger partial charge on any atom is 0.243 e. The smallest absolute Gasteiger partial charge is 0.207 e. The van der Waals surface area contributed by atoms with E-state index in [2.05, 4.69) is 22.9 Å². The van der Waals surface area contributed by atoms with Gasteiger partial charge in [-0.05, 0) is 49.9 Å². The van der Waals surface area contributed by atoms with Crippen LogP contribution >= 0.6 is 15.9 Å². The maximum atomic E-state index is 12.8. The summed E-state index contributed by atoms with van der Waals surface area (Å²) in [4.78, 5) is 0.418. The molecular weight excluding hydrogens is 338 g/mol. The maximum absolute atomic E-state index is 12.8. The molecule has 5 heteroatoms. The number of piperidine rings is 1. The van der Waals surface area contributed by atoms with E-state index in [1.54, 1.807) is 16.4 Å². The molecule has 2 rings (SSSR count). The molecule has 0 aromatic heterocycles. The molecule has 1 heterocycles. The molecule has 0 radical (unpaired) electrons. The lowest BCUT2D eigenvalue weighted by Gasteiger charge is -2.34. The van der Waals surface area contributed by atoms with E-state index in [-0.39, 0.29) is 6.04 Å². The topological polar surface area (TPSA) is 37.4 Å². The van der Waals surface area contributed by atoms with Gasteiger partial charge < -0.3 is 0 Å². The van der Waals surface area contributed by atoms with Gasteiger partial charge in [0, 0.05) is 17.1 Å².